The largest absolute Gasteiger partial charge is 0.490 e. The third-order valence-corrected chi connectivity index (χ3v) is 9.83. The van der Waals surface area contributed by atoms with Crippen LogP contribution >= 0.6 is 0 Å². The van der Waals surface area contributed by atoms with Gasteiger partial charge in [-0.05, 0) is 92.4 Å². The zero-order chi connectivity index (χ0) is 21.8. The second-order valence-corrected chi connectivity index (χ2v) is 11.0. The zero-order valence-electron chi connectivity index (χ0n) is 19.1. The smallest absolute Gasteiger partial charge is 0.222 e. The van der Waals surface area contributed by atoms with E-state index in [1.165, 1.54) is 25.7 Å². The molecule has 3 aliphatic carbocycles. The van der Waals surface area contributed by atoms with Gasteiger partial charge >= 0.3 is 0 Å². The molecule has 4 aliphatic rings. The lowest BCUT2D eigenvalue weighted by molar-refractivity contribution is -0.159. The topological polar surface area (TPSA) is 58.6 Å². The summed E-state index contributed by atoms with van der Waals surface area (Å²) in [6, 6.07) is 8.16. The van der Waals surface area contributed by atoms with Crippen molar-refractivity contribution in [1.82, 2.24) is 4.90 Å². The van der Waals surface area contributed by atoms with Crippen LogP contribution in [0.1, 0.15) is 65.2 Å². The van der Waals surface area contributed by atoms with E-state index in [9.17, 15) is 9.59 Å². The number of rotatable bonds is 4. The van der Waals surface area contributed by atoms with Gasteiger partial charge in [-0.15, -0.1) is 0 Å². The Balaban J connectivity index is 1.33. The molecule has 1 N–H and O–H groups in total. The average Bonchev–Trinajstić information content (AvgIpc) is 3.09. The summed E-state index contributed by atoms with van der Waals surface area (Å²) in [5.74, 6) is 3.44. The van der Waals surface area contributed by atoms with Crippen LogP contribution in [0.4, 0.5) is 5.69 Å². The third kappa shape index (κ3) is 3.18. The minimum Gasteiger partial charge on any atom is -0.490 e. The SMILES string of the molecule is CN1C(=O)CC[C@@]2(C)C1CC[C@@H]1[C@H]2CC[C@]2(C)C(Oc3ccc(NC=O)cc3)CC[C@@H]12. The zero-order valence-corrected chi connectivity index (χ0v) is 19.1. The normalized spacial score (nSPS) is 41.7. The first-order valence-corrected chi connectivity index (χ1v) is 12.1. The fourth-order valence-corrected chi connectivity index (χ4v) is 8.16. The van der Waals surface area contributed by atoms with Crippen LogP contribution in [0.15, 0.2) is 24.3 Å². The number of carbonyl (C=O) groups excluding carboxylic acids is 2. The molecule has 2 unspecified atom stereocenters. The highest BCUT2D eigenvalue weighted by atomic mass is 16.5. The van der Waals surface area contributed by atoms with Crippen molar-refractivity contribution < 1.29 is 14.3 Å². The standard InChI is InChI=1S/C26H36N2O3/c1-25-15-13-24(30)28(3)22(25)10-8-19-20-9-11-23(26(20,2)14-12-21(19)25)31-18-6-4-17(5-7-18)27-16-29/h4-7,16,19-23H,8-15H2,1-3H3,(H,27,29)/t19-,20-,21+,22?,23?,25+,26-/m0/s1. The van der Waals surface area contributed by atoms with Gasteiger partial charge in [0.1, 0.15) is 11.9 Å². The Bertz CT molecular complexity index is 855. The van der Waals surface area contributed by atoms with Crippen molar-refractivity contribution >= 4 is 18.0 Å². The van der Waals surface area contributed by atoms with Crippen molar-refractivity contribution in [2.45, 2.75) is 77.4 Å². The van der Waals surface area contributed by atoms with Crippen LogP contribution in [0.5, 0.6) is 5.75 Å². The van der Waals surface area contributed by atoms with Gasteiger partial charge in [0.15, 0.2) is 0 Å². The van der Waals surface area contributed by atoms with E-state index < -0.39 is 0 Å². The van der Waals surface area contributed by atoms with Gasteiger partial charge < -0.3 is 15.0 Å². The Labute approximate surface area is 185 Å². The number of nitrogens with one attached hydrogen (secondary N) is 1. The lowest BCUT2D eigenvalue weighted by Crippen LogP contribution is -2.61. The van der Waals surface area contributed by atoms with Crippen molar-refractivity contribution in [3.63, 3.8) is 0 Å². The third-order valence-electron chi connectivity index (χ3n) is 9.83. The summed E-state index contributed by atoms with van der Waals surface area (Å²) in [5.41, 5.74) is 1.28. The van der Waals surface area contributed by atoms with Crippen molar-refractivity contribution in [3.05, 3.63) is 24.3 Å². The first-order valence-electron chi connectivity index (χ1n) is 12.1. The van der Waals surface area contributed by atoms with E-state index in [-0.39, 0.29) is 16.9 Å². The van der Waals surface area contributed by atoms with E-state index in [0.29, 0.717) is 24.3 Å². The van der Waals surface area contributed by atoms with Crippen LogP contribution < -0.4 is 10.1 Å². The van der Waals surface area contributed by atoms with E-state index >= 15 is 0 Å². The molecule has 5 rings (SSSR count). The van der Waals surface area contributed by atoms with Crippen molar-refractivity contribution in [3.8, 4) is 5.75 Å². The Kier molecular flexibility index (Phi) is 5.06. The molecule has 1 aromatic carbocycles. The molecule has 5 heteroatoms. The number of ether oxygens (including phenoxy) is 1. The fourth-order valence-electron chi connectivity index (χ4n) is 8.16. The Hall–Kier alpha value is -2.04. The highest BCUT2D eigenvalue weighted by Gasteiger charge is 2.61. The maximum Gasteiger partial charge on any atom is 0.222 e. The maximum absolute atomic E-state index is 12.3. The first-order chi connectivity index (χ1) is 14.9. The van der Waals surface area contributed by atoms with Gasteiger partial charge in [0, 0.05) is 30.6 Å². The number of anilines is 1. The van der Waals surface area contributed by atoms with E-state index in [1.807, 2.05) is 31.3 Å². The predicted molar refractivity (Wildman–Crippen MR) is 121 cm³/mol. The highest BCUT2D eigenvalue weighted by molar-refractivity contribution is 5.77. The van der Waals surface area contributed by atoms with Gasteiger partial charge in [0.2, 0.25) is 12.3 Å². The number of amides is 2. The van der Waals surface area contributed by atoms with Gasteiger partial charge in [0.25, 0.3) is 0 Å². The maximum atomic E-state index is 12.3. The molecule has 168 valence electrons. The minimum absolute atomic E-state index is 0.223. The molecule has 1 saturated heterocycles. The van der Waals surface area contributed by atoms with Crippen LogP contribution in [-0.4, -0.2) is 36.4 Å². The number of likely N-dealkylation sites (tertiary alicyclic amines) is 1. The number of carbonyl (C=O) groups is 2. The van der Waals surface area contributed by atoms with Crippen molar-refractivity contribution in [2.24, 2.45) is 28.6 Å². The van der Waals surface area contributed by atoms with Gasteiger partial charge in [0.05, 0.1) is 0 Å². The Morgan fingerprint density at radius 3 is 2.48 bits per heavy atom. The van der Waals surface area contributed by atoms with Gasteiger partial charge in [-0.2, -0.15) is 0 Å². The Morgan fingerprint density at radius 2 is 1.74 bits per heavy atom. The lowest BCUT2D eigenvalue weighted by Gasteiger charge is -2.61. The monoisotopic (exact) mass is 424 g/mol. The van der Waals surface area contributed by atoms with Crippen molar-refractivity contribution in [2.75, 3.05) is 12.4 Å². The second kappa shape index (κ2) is 7.53. The van der Waals surface area contributed by atoms with Crippen LogP contribution in [0.3, 0.4) is 0 Å². The van der Waals surface area contributed by atoms with Crippen LogP contribution in [0, 0.1) is 28.6 Å². The molecule has 0 radical (unpaired) electrons. The molecule has 4 fully saturated rings. The van der Waals surface area contributed by atoms with E-state index in [0.717, 1.165) is 49.0 Å². The summed E-state index contributed by atoms with van der Waals surface area (Å²) in [4.78, 5) is 25.1. The molecule has 5 nitrogen and oxygen atoms in total. The van der Waals surface area contributed by atoms with E-state index in [4.69, 9.17) is 4.74 Å². The van der Waals surface area contributed by atoms with Crippen molar-refractivity contribution in [1.29, 1.82) is 0 Å². The number of hydrogen-bond acceptors (Lipinski definition) is 3. The lowest BCUT2D eigenvalue weighted by atomic mass is 9.47. The van der Waals surface area contributed by atoms with Gasteiger partial charge in [-0.1, -0.05) is 13.8 Å². The summed E-state index contributed by atoms with van der Waals surface area (Å²) < 4.78 is 6.55. The number of nitrogens with zero attached hydrogens (tertiary/aromatic N) is 1. The average molecular weight is 425 g/mol. The molecule has 1 aliphatic heterocycles. The minimum atomic E-state index is 0.223. The first kappa shape index (κ1) is 20.8. The molecule has 7 atom stereocenters. The van der Waals surface area contributed by atoms with Gasteiger partial charge in [-0.25, -0.2) is 0 Å². The molecule has 31 heavy (non-hydrogen) atoms. The molecule has 0 bridgehead atoms. The van der Waals surface area contributed by atoms with Crippen LogP contribution in [0.25, 0.3) is 0 Å². The van der Waals surface area contributed by atoms with E-state index in [1.54, 1.807) is 0 Å². The number of fused-ring (bicyclic) bond motifs is 5. The molecular formula is C26H36N2O3. The predicted octanol–water partition coefficient (Wildman–Crippen LogP) is 4.87. The fraction of sp³-hybridized carbons (Fsp3) is 0.692. The molecule has 2 amide bonds. The molecule has 0 spiro atoms. The number of piperidine rings is 1. The highest BCUT2D eigenvalue weighted by Crippen LogP contribution is 2.65. The molecular weight excluding hydrogens is 388 g/mol. The summed E-state index contributed by atoms with van der Waals surface area (Å²) in [7, 11) is 2.03. The number of hydrogen-bond donors (Lipinski definition) is 1. The second-order valence-electron chi connectivity index (χ2n) is 11.0. The summed E-state index contributed by atoms with van der Waals surface area (Å²) in [5, 5.41) is 2.68. The summed E-state index contributed by atoms with van der Waals surface area (Å²) in [6.07, 6.45) is 9.99. The van der Waals surface area contributed by atoms with E-state index in [2.05, 4.69) is 24.1 Å². The quantitative estimate of drug-likeness (QED) is 0.702. The molecule has 0 aromatic heterocycles. The molecule has 1 heterocycles. The Morgan fingerprint density at radius 1 is 1.00 bits per heavy atom. The van der Waals surface area contributed by atoms with Gasteiger partial charge in [-0.3, -0.25) is 9.59 Å². The van der Waals surface area contributed by atoms with Crippen LogP contribution in [-0.2, 0) is 9.59 Å². The summed E-state index contributed by atoms with van der Waals surface area (Å²) >= 11 is 0. The summed E-state index contributed by atoms with van der Waals surface area (Å²) in [6.45, 7) is 4.96. The molecule has 1 aromatic rings. The number of benzene rings is 1. The molecule has 3 saturated carbocycles. The van der Waals surface area contributed by atoms with Crippen LogP contribution in [0.2, 0.25) is 0 Å².